The number of aromatic hydroxyl groups is 1. The molecule has 1 aliphatic carbocycles. The van der Waals surface area contributed by atoms with Crippen molar-refractivity contribution in [2.24, 2.45) is 11.8 Å². The average Bonchev–Trinajstić information content (AvgIpc) is 2.84. The number of aliphatic hydroxyl groups is 1. The molecule has 5 atom stereocenters. The van der Waals surface area contributed by atoms with Gasteiger partial charge in [0.25, 0.3) is 5.91 Å². The second kappa shape index (κ2) is 11.6. The number of benzene rings is 2. The summed E-state index contributed by atoms with van der Waals surface area (Å²) in [4.78, 5) is 16.7. The van der Waals surface area contributed by atoms with Crippen LogP contribution in [0.3, 0.4) is 0 Å². The summed E-state index contributed by atoms with van der Waals surface area (Å²) >= 11 is 1.64. The van der Waals surface area contributed by atoms with Crippen LogP contribution in [0.15, 0.2) is 53.4 Å². The number of rotatable bonds is 8. The van der Waals surface area contributed by atoms with E-state index in [9.17, 15) is 15.0 Å². The van der Waals surface area contributed by atoms with Crippen LogP contribution in [0.4, 0.5) is 0 Å². The number of hydrogen-bond donors (Lipinski definition) is 3. The minimum absolute atomic E-state index is 0.104. The molecule has 6 heteroatoms. The molecule has 34 heavy (non-hydrogen) atoms. The first-order valence-electron chi connectivity index (χ1n) is 12.6. The Morgan fingerprint density at radius 2 is 1.85 bits per heavy atom. The van der Waals surface area contributed by atoms with Gasteiger partial charge in [0.15, 0.2) is 0 Å². The van der Waals surface area contributed by atoms with Crippen molar-refractivity contribution in [2.75, 3.05) is 18.8 Å². The summed E-state index contributed by atoms with van der Waals surface area (Å²) in [6.45, 7) is 5.62. The lowest BCUT2D eigenvalue weighted by Gasteiger charge is -2.46. The summed E-state index contributed by atoms with van der Waals surface area (Å²) in [5, 5.41) is 24.5. The standard InChI is InChI=1S/C28H38N2O3S/c1-19-15-21-9-6-7-10-22(21)16-30(19)17-27(32)25(18-34-23-11-4-3-5-12-23)29-28(33)24-13-8-14-26(31)20(24)2/h3-5,8,11-14,19,21-22,25,27,31-32H,6-7,9-10,15-18H2,1-2H3,(H,29,33)/t19-,21?,22?,25+,27-/m1/s1. The fraction of sp³-hybridized carbons (Fsp3) is 0.536. The molecule has 1 saturated heterocycles. The van der Waals surface area contributed by atoms with Gasteiger partial charge in [0.05, 0.1) is 12.1 Å². The number of fused-ring (bicyclic) bond motifs is 1. The number of carbonyl (C=O) groups is 1. The van der Waals surface area contributed by atoms with Crippen LogP contribution < -0.4 is 5.32 Å². The molecule has 1 amide bonds. The van der Waals surface area contributed by atoms with Crippen molar-refractivity contribution in [1.82, 2.24) is 10.2 Å². The van der Waals surface area contributed by atoms with E-state index in [1.807, 2.05) is 30.3 Å². The zero-order valence-corrected chi connectivity index (χ0v) is 21.1. The topological polar surface area (TPSA) is 72.8 Å². The van der Waals surface area contributed by atoms with E-state index in [2.05, 4.69) is 17.1 Å². The molecule has 0 bridgehead atoms. The zero-order chi connectivity index (χ0) is 24.1. The van der Waals surface area contributed by atoms with Crippen molar-refractivity contribution < 1.29 is 15.0 Å². The van der Waals surface area contributed by atoms with E-state index in [1.54, 1.807) is 36.9 Å². The number of β-amino-alcohol motifs (C(OH)–C–C–N with tert-alkyl or cyclic N) is 1. The molecule has 1 aliphatic heterocycles. The van der Waals surface area contributed by atoms with Crippen LogP contribution in [0.2, 0.25) is 0 Å². The summed E-state index contributed by atoms with van der Waals surface area (Å²) < 4.78 is 0. The van der Waals surface area contributed by atoms with Crippen LogP contribution in [-0.4, -0.2) is 58.1 Å². The maximum Gasteiger partial charge on any atom is 0.252 e. The molecule has 2 aliphatic rings. The van der Waals surface area contributed by atoms with E-state index in [4.69, 9.17) is 0 Å². The Morgan fingerprint density at radius 3 is 2.62 bits per heavy atom. The molecule has 2 aromatic rings. The van der Waals surface area contributed by atoms with E-state index >= 15 is 0 Å². The molecular formula is C28H38N2O3S. The highest BCUT2D eigenvalue weighted by molar-refractivity contribution is 7.99. The Hall–Kier alpha value is -2.02. The Labute approximate surface area is 207 Å². The number of nitrogens with zero attached hydrogens (tertiary/aromatic N) is 1. The molecular weight excluding hydrogens is 444 g/mol. The third kappa shape index (κ3) is 6.15. The summed E-state index contributed by atoms with van der Waals surface area (Å²) in [6.07, 6.45) is 5.85. The van der Waals surface area contributed by atoms with Crippen molar-refractivity contribution >= 4 is 17.7 Å². The zero-order valence-electron chi connectivity index (χ0n) is 20.3. The van der Waals surface area contributed by atoms with E-state index < -0.39 is 12.1 Å². The molecule has 3 N–H and O–H groups in total. The van der Waals surface area contributed by atoms with Crippen molar-refractivity contribution in [3.8, 4) is 5.75 Å². The van der Waals surface area contributed by atoms with E-state index in [-0.39, 0.29) is 11.7 Å². The number of phenols is 1. The van der Waals surface area contributed by atoms with Gasteiger partial charge in [0, 0.05) is 40.9 Å². The minimum atomic E-state index is -0.680. The van der Waals surface area contributed by atoms with Gasteiger partial charge in [-0.2, -0.15) is 0 Å². The fourth-order valence-electron chi connectivity index (χ4n) is 5.59. The van der Waals surface area contributed by atoms with Gasteiger partial charge in [0.1, 0.15) is 5.75 Å². The Bertz CT molecular complexity index is 954. The molecule has 1 heterocycles. The molecule has 0 spiro atoms. The van der Waals surface area contributed by atoms with Gasteiger partial charge in [-0.3, -0.25) is 9.69 Å². The van der Waals surface area contributed by atoms with Crippen molar-refractivity contribution in [2.45, 2.75) is 69.0 Å². The largest absolute Gasteiger partial charge is 0.508 e. The minimum Gasteiger partial charge on any atom is -0.508 e. The molecule has 2 unspecified atom stereocenters. The van der Waals surface area contributed by atoms with E-state index in [0.29, 0.717) is 29.5 Å². The highest BCUT2D eigenvalue weighted by atomic mass is 32.2. The molecule has 5 nitrogen and oxygen atoms in total. The van der Waals surface area contributed by atoms with Crippen LogP contribution in [0, 0.1) is 18.8 Å². The number of piperidine rings is 1. The Balaban J connectivity index is 1.46. The normalized spacial score (nSPS) is 24.7. The lowest BCUT2D eigenvalue weighted by Crippen LogP contribution is -2.54. The van der Waals surface area contributed by atoms with Crippen molar-refractivity contribution in [3.05, 3.63) is 59.7 Å². The maximum absolute atomic E-state index is 13.1. The maximum atomic E-state index is 13.1. The van der Waals surface area contributed by atoms with Crippen molar-refractivity contribution in [3.63, 3.8) is 0 Å². The van der Waals surface area contributed by atoms with Gasteiger partial charge >= 0.3 is 0 Å². The van der Waals surface area contributed by atoms with Gasteiger partial charge < -0.3 is 15.5 Å². The molecule has 184 valence electrons. The van der Waals surface area contributed by atoms with E-state index in [1.165, 1.54) is 32.1 Å². The summed E-state index contributed by atoms with van der Waals surface area (Å²) in [5.74, 6) is 1.98. The molecule has 2 fully saturated rings. The Morgan fingerprint density at radius 1 is 1.12 bits per heavy atom. The molecule has 0 radical (unpaired) electrons. The predicted molar refractivity (Wildman–Crippen MR) is 138 cm³/mol. The van der Waals surface area contributed by atoms with Gasteiger partial charge in [-0.1, -0.05) is 43.5 Å². The van der Waals surface area contributed by atoms with E-state index in [0.717, 1.165) is 23.3 Å². The van der Waals surface area contributed by atoms with Crippen LogP contribution in [-0.2, 0) is 0 Å². The number of hydrogen-bond acceptors (Lipinski definition) is 5. The summed E-state index contributed by atoms with van der Waals surface area (Å²) in [6, 6.07) is 15.1. The van der Waals surface area contributed by atoms with Gasteiger partial charge in [-0.25, -0.2) is 0 Å². The summed E-state index contributed by atoms with van der Waals surface area (Å²) in [7, 11) is 0. The number of carbonyl (C=O) groups excluding carboxylic acids is 1. The number of likely N-dealkylation sites (tertiary alicyclic amines) is 1. The number of phenolic OH excluding ortho intramolecular Hbond substituents is 1. The average molecular weight is 483 g/mol. The van der Waals surface area contributed by atoms with Crippen LogP contribution in [0.25, 0.3) is 0 Å². The van der Waals surface area contributed by atoms with Crippen LogP contribution in [0.5, 0.6) is 5.75 Å². The highest BCUT2D eigenvalue weighted by Gasteiger charge is 2.36. The number of nitrogens with one attached hydrogen (secondary N) is 1. The molecule has 4 rings (SSSR count). The van der Waals surface area contributed by atoms with Crippen molar-refractivity contribution in [1.29, 1.82) is 0 Å². The number of amides is 1. The third-order valence-electron chi connectivity index (χ3n) is 7.73. The predicted octanol–water partition coefficient (Wildman–Crippen LogP) is 4.85. The lowest BCUT2D eigenvalue weighted by molar-refractivity contribution is 0.00588. The van der Waals surface area contributed by atoms with Gasteiger partial charge in [0.2, 0.25) is 0 Å². The molecule has 0 aromatic heterocycles. The smallest absolute Gasteiger partial charge is 0.252 e. The second-order valence-electron chi connectivity index (χ2n) is 10.1. The van der Waals surface area contributed by atoms with Crippen LogP contribution >= 0.6 is 11.8 Å². The number of aliphatic hydroxyl groups excluding tert-OH is 1. The fourth-order valence-corrected chi connectivity index (χ4v) is 6.62. The van der Waals surface area contributed by atoms with Gasteiger partial charge in [-0.15, -0.1) is 11.8 Å². The molecule has 1 saturated carbocycles. The quantitative estimate of drug-likeness (QED) is 0.469. The first-order valence-corrected chi connectivity index (χ1v) is 13.6. The van der Waals surface area contributed by atoms with Crippen LogP contribution in [0.1, 0.15) is 54.9 Å². The summed E-state index contributed by atoms with van der Waals surface area (Å²) in [5.41, 5.74) is 0.996. The first-order chi connectivity index (χ1) is 16.4. The first kappa shape index (κ1) is 25.1. The van der Waals surface area contributed by atoms with Gasteiger partial charge in [-0.05, 0) is 62.8 Å². The lowest BCUT2D eigenvalue weighted by atomic mass is 9.73. The highest BCUT2D eigenvalue weighted by Crippen LogP contribution is 2.38. The third-order valence-corrected chi connectivity index (χ3v) is 8.86. The molecule has 2 aromatic carbocycles. The Kier molecular flexibility index (Phi) is 8.56. The SMILES string of the molecule is Cc1c(O)cccc1C(=O)N[C@@H](CSc1ccccc1)[C@H](O)CN1CC2CCCCC2C[C@H]1C. The second-order valence-corrected chi connectivity index (χ2v) is 11.2. The number of thioether (sulfide) groups is 1. The monoisotopic (exact) mass is 482 g/mol.